The van der Waals surface area contributed by atoms with Crippen molar-refractivity contribution in [2.75, 3.05) is 0 Å². The largest absolute Gasteiger partial charge is 0.298 e. The molecule has 0 aliphatic carbocycles. The average Bonchev–Trinajstić information content (AvgIpc) is 2.18. The Hall–Kier alpha value is -2.40. The second kappa shape index (κ2) is 4.01. The lowest BCUT2D eigenvalue weighted by Crippen LogP contribution is -1.89. The molecule has 0 spiro atoms. The zero-order chi connectivity index (χ0) is 10.6. The molecule has 0 heterocycles. The summed E-state index contributed by atoms with van der Waals surface area (Å²) >= 11 is 0. The zero-order valence-electron chi connectivity index (χ0n) is 6.82. The van der Waals surface area contributed by atoms with Crippen molar-refractivity contribution in [2.45, 2.75) is 0 Å². The summed E-state index contributed by atoms with van der Waals surface area (Å²) in [4.78, 5) is 22.6. The van der Waals surface area contributed by atoms with Crippen LogP contribution in [0, 0.1) is 10.1 Å². The Bertz CT molecular complexity index is 437. The maximum Gasteiger partial charge on any atom is 0.270 e. The molecule has 0 aliphatic rings. The summed E-state index contributed by atoms with van der Waals surface area (Å²) in [5.74, 6) is 0. The van der Waals surface area contributed by atoms with Crippen LogP contribution in [-0.4, -0.2) is 11.2 Å². The van der Waals surface area contributed by atoms with E-state index in [9.17, 15) is 14.9 Å². The van der Waals surface area contributed by atoms with Crippen LogP contribution >= 0.6 is 0 Å². The molecule has 0 saturated heterocycles. The van der Waals surface area contributed by atoms with E-state index in [4.69, 9.17) is 5.53 Å². The monoisotopic (exact) mass is 192 g/mol. The van der Waals surface area contributed by atoms with Gasteiger partial charge in [0, 0.05) is 28.3 Å². The lowest BCUT2D eigenvalue weighted by Gasteiger charge is -1.96. The second-order valence-corrected chi connectivity index (χ2v) is 2.31. The molecule has 0 N–H and O–H groups in total. The lowest BCUT2D eigenvalue weighted by molar-refractivity contribution is -0.384. The molecule has 0 aliphatic heterocycles. The van der Waals surface area contributed by atoms with Crippen molar-refractivity contribution in [3.63, 3.8) is 0 Å². The number of hydrogen-bond donors (Lipinski definition) is 0. The molecule has 0 saturated carbocycles. The number of carbonyl (C=O) groups is 1. The number of nitro groups is 1. The summed E-state index contributed by atoms with van der Waals surface area (Å²) in [6, 6.07) is 3.44. The van der Waals surface area contributed by atoms with Gasteiger partial charge in [0.05, 0.1) is 4.92 Å². The maximum absolute atomic E-state index is 10.5. The molecule has 7 nitrogen and oxygen atoms in total. The predicted molar refractivity (Wildman–Crippen MR) is 47.3 cm³/mol. The SMILES string of the molecule is [N-]=[N+]=Nc1ccc([N+](=O)[O-])cc1C=O. The molecule has 0 fully saturated rings. The van der Waals surface area contributed by atoms with Gasteiger partial charge in [-0.1, -0.05) is 5.11 Å². The van der Waals surface area contributed by atoms with E-state index in [2.05, 4.69) is 10.0 Å². The van der Waals surface area contributed by atoms with Crippen molar-refractivity contribution in [2.24, 2.45) is 5.11 Å². The first kappa shape index (κ1) is 9.69. The Morgan fingerprint density at radius 3 is 2.79 bits per heavy atom. The molecule has 0 amide bonds. The van der Waals surface area contributed by atoms with Gasteiger partial charge >= 0.3 is 0 Å². The number of benzene rings is 1. The van der Waals surface area contributed by atoms with Gasteiger partial charge in [-0.2, -0.15) is 0 Å². The molecular weight excluding hydrogens is 188 g/mol. The number of carbonyl (C=O) groups excluding carboxylic acids is 1. The van der Waals surface area contributed by atoms with Gasteiger partial charge in [-0.15, -0.1) is 0 Å². The normalized spacial score (nSPS) is 8.86. The van der Waals surface area contributed by atoms with Crippen LogP contribution in [0.1, 0.15) is 10.4 Å². The molecule has 0 bridgehead atoms. The van der Waals surface area contributed by atoms with Crippen molar-refractivity contribution >= 4 is 17.7 Å². The summed E-state index contributed by atoms with van der Waals surface area (Å²) < 4.78 is 0. The minimum Gasteiger partial charge on any atom is -0.298 e. The highest BCUT2D eigenvalue weighted by atomic mass is 16.6. The Morgan fingerprint density at radius 2 is 2.29 bits per heavy atom. The molecule has 14 heavy (non-hydrogen) atoms. The van der Waals surface area contributed by atoms with Gasteiger partial charge in [0.15, 0.2) is 6.29 Å². The molecule has 1 rings (SSSR count). The van der Waals surface area contributed by atoms with E-state index in [0.717, 1.165) is 12.1 Å². The number of nitrogens with zero attached hydrogens (tertiary/aromatic N) is 4. The van der Waals surface area contributed by atoms with E-state index in [-0.39, 0.29) is 16.9 Å². The van der Waals surface area contributed by atoms with Crippen molar-refractivity contribution in [3.8, 4) is 0 Å². The fraction of sp³-hybridized carbons (Fsp3) is 0. The first-order valence-electron chi connectivity index (χ1n) is 3.47. The van der Waals surface area contributed by atoms with E-state index in [1.807, 2.05) is 0 Å². The predicted octanol–water partition coefficient (Wildman–Crippen LogP) is 2.35. The van der Waals surface area contributed by atoms with Gasteiger partial charge in [0.1, 0.15) is 0 Å². The van der Waals surface area contributed by atoms with Gasteiger partial charge < -0.3 is 0 Å². The summed E-state index contributed by atoms with van der Waals surface area (Å²) in [5, 5.41) is 13.5. The van der Waals surface area contributed by atoms with Gasteiger partial charge in [-0.05, 0) is 11.6 Å². The van der Waals surface area contributed by atoms with Crippen LogP contribution in [0.4, 0.5) is 11.4 Å². The lowest BCUT2D eigenvalue weighted by atomic mass is 10.2. The Kier molecular flexibility index (Phi) is 2.78. The molecule has 70 valence electrons. The zero-order valence-corrected chi connectivity index (χ0v) is 6.82. The molecule has 0 unspecified atom stereocenters. The highest BCUT2D eigenvalue weighted by molar-refractivity contribution is 5.84. The van der Waals surface area contributed by atoms with Gasteiger partial charge in [0.2, 0.25) is 0 Å². The van der Waals surface area contributed by atoms with Gasteiger partial charge in [-0.3, -0.25) is 14.9 Å². The molecule has 1 aromatic rings. The summed E-state index contributed by atoms with van der Waals surface area (Å²) in [6.45, 7) is 0. The first-order valence-corrected chi connectivity index (χ1v) is 3.47. The number of rotatable bonds is 3. The average molecular weight is 192 g/mol. The number of nitro benzene ring substituents is 1. The molecule has 0 radical (unpaired) electrons. The Morgan fingerprint density at radius 1 is 1.57 bits per heavy atom. The van der Waals surface area contributed by atoms with Crippen molar-refractivity contribution in [1.82, 2.24) is 0 Å². The minimum absolute atomic E-state index is 0.00278. The van der Waals surface area contributed by atoms with E-state index in [0.29, 0.717) is 6.29 Å². The summed E-state index contributed by atoms with van der Waals surface area (Å²) in [6.07, 6.45) is 0.400. The third kappa shape index (κ3) is 1.85. The summed E-state index contributed by atoms with van der Waals surface area (Å²) in [5.41, 5.74) is 7.98. The quantitative estimate of drug-likeness (QED) is 0.183. The maximum atomic E-state index is 10.5. The molecule has 0 atom stereocenters. The second-order valence-electron chi connectivity index (χ2n) is 2.31. The fourth-order valence-corrected chi connectivity index (χ4v) is 0.889. The van der Waals surface area contributed by atoms with Crippen LogP contribution in [0.15, 0.2) is 23.3 Å². The smallest absolute Gasteiger partial charge is 0.270 e. The number of azide groups is 1. The van der Waals surface area contributed by atoms with Crippen LogP contribution in [0.5, 0.6) is 0 Å². The van der Waals surface area contributed by atoms with Crippen LogP contribution in [0.2, 0.25) is 0 Å². The highest BCUT2D eigenvalue weighted by Crippen LogP contribution is 2.22. The standard InChI is InChI=1S/C7H4N4O3/c8-10-9-7-2-1-6(11(13)14)3-5(7)4-12/h1-4H. The highest BCUT2D eigenvalue weighted by Gasteiger charge is 2.08. The fourth-order valence-electron chi connectivity index (χ4n) is 0.889. The third-order valence-corrected chi connectivity index (χ3v) is 1.50. The van der Waals surface area contributed by atoms with Gasteiger partial charge in [-0.25, -0.2) is 0 Å². The van der Waals surface area contributed by atoms with Gasteiger partial charge in [0.25, 0.3) is 5.69 Å². The topological polar surface area (TPSA) is 109 Å². The van der Waals surface area contributed by atoms with Crippen molar-refractivity contribution in [3.05, 3.63) is 44.3 Å². The Balaban J connectivity index is 3.31. The van der Waals surface area contributed by atoms with Crippen LogP contribution in [-0.2, 0) is 0 Å². The molecule has 7 heteroatoms. The van der Waals surface area contributed by atoms with Crippen LogP contribution < -0.4 is 0 Å². The first-order chi connectivity index (χ1) is 6.69. The van der Waals surface area contributed by atoms with Crippen LogP contribution in [0.3, 0.4) is 0 Å². The van der Waals surface area contributed by atoms with E-state index < -0.39 is 4.92 Å². The number of hydrogen-bond acceptors (Lipinski definition) is 4. The molecular formula is C7H4N4O3. The molecule has 1 aromatic carbocycles. The van der Waals surface area contributed by atoms with E-state index >= 15 is 0 Å². The van der Waals surface area contributed by atoms with Crippen molar-refractivity contribution < 1.29 is 9.72 Å². The Labute approximate surface area is 77.7 Å². The minimum atomic E-state index is -0.632. The van der Waals surface area contributed by atoms with Crippen molar-refractivity contribution in [1.29, 1.82) is 0 Å². The number of non-ortho nitro benzene ring substituents is 1. The number of aldehydes is 1. The third-order valence-electron chi connectivity index (χ3n) is 1.50. The summed E-state index contributed by atoms with van der Waals surface area (Å²) in [7, 11) is 0. The van der Waals surface area contributed by atoms with E-state index in [1.165, 1.54) is 6.07 Å². The molecule has 0 aromatic heterocycles. The van der Waals surface area contributed by atoms with Crippen LogP contribution in [0.25, 0.3) is 10.4 Å². The van der Waals surface area contributed by atoms with E-state index in [1.54, 1.807) is 0 Å².